The second kappa shape index (κ2) is 11.9. The number of amides is 1. The molecule has 1 N–H and O–H groups in total. The molecule has 1 fully saturated rings. The van der Waals surface area contributed by atoms with Crippen LogP contribution in [0.25, 0.3) is 11.4 Å². The summed E-state index contributed by atoms with van der Waals surface area (Å²) in [5.74, 6) is 2.55. The van der Waals surface area contributed by atoms with Crippen LogP contribution in [-0.2, 0) is 11.3 Å². The summed E-state index contributed by atoms with van der Waals surface area (Å²) in [5, 5.41) is 8.25. The van der Waals surface area contributed by atoms with Crippen molar-refractivity contribution in [1.82, 2.24) is 15.0 Å². The van der Waals surface area contributed by atoms with E-state index in [9.17, 15) is 4.79 Å². The molecular weight excluding hydrogens is 527 g/mol. The number of likely N-dealkylation sites (tertiary alicyclic amines) is 1. The number of hydrogen-bond donors (Lipinski definition) is 1. The summed E-state index contributed by atoms with van der Waals surface area (Å²) in [5.41, 5.74) is 1.34. The van der Waals surface area contributed by atoms with Crippen molar-refractivity contribution in [3.05, 3.63) is 82.7 Å². The number of methoxy groups -OCH3 is 1. The lowest BCUT2D eigenvalue weighted by Crippen LogP contribution is -2.40. The van der Waals surface area contributed by atoms with E-state index in [0.29, 0.717) is 52.0 Å². The third-order valence-electron chi connectivity index (χ3n) is 6.29. The van der Waals surface area contributed by atoms with E-state index in [0.717, 1.165) is 30.7 Å². The molecule has 0 spiro atoms. The lowest BCUT2D eigenvalue weighted by Gasteiger charge is -2.31. The number of anilines is 1. The molecule has 0 aliphatic carbocycles. The van der Waals surface area contributed by atoms with Crippen molar-refractivity contribution in [1.29, 1.82) is 0 Å². The van der Waals surface area contributed by atoms with Gasteiger partial charge in [-0.25, -0.2) is 0 Å². The molecule has 10 heteroatoms. The second-order valence-electron chi connectivity index (χ2n) is 9.00. The molecule has 1 amide bonds. The maximum absolute atomic E-state index is 13.3. The fraction of sp³-hybridized carbons (Fsp3) is 0.250. The van der Waals surface area contributed by atoms with Crippen molar-refractivity contribution in [2.75, 3.05) is 25.5 Å². The molecular formula is C28H26Cl2N4O4. The number of carbonyl (C=O) groups is 1. The predicted molar refractivity (Wildman–Crippen MR) is 146 cm³/mol. The number of piperidine rings is 1. The second-order valence-corrected chi connectivity index (χ2v) is 9.87. The molecule has 5 rings (SSSR count). The zero-order valence-corrected chi connectivity index (χ0v) is 22.2. The first-order valence-electron chi connectivity index (χ1n) is 12.2. The highest BCUT2D eigenvalue weighted by molar-refractivity contribution is 6.31. The Balaban J connectivity index is 1.22. The van der Waals surface area contributed by atoms with E-state index in [2.05, 4.69) is 20.4 Å². The standard InChI is InChI=1S/C28H26Cl2N4O4/c1-36-22-9-11-23(12-10-22)37-25-13-8-21(30)15-24(25)31-28(35)19-3-2-14-34(16-19)17-26-32-27(33-38-26)18-4-6-20(29)7-5-18/h4-13,15,19H,2-3,14,16-17H2,1H3,(H,31,35). The molecule has 196 valence electrons. The Kier molecular flexibility index (Phi) is 8.12. The van der Waals surface area contributed by atoms with Crippen molar-refractivity contribution in [3.63, 3.8) is 0 Å². The number of nitrogens with zero attached hydrogens (tertiary/aromatic N) is 3. The summed E-state index contributed by atoms with van der Waals surface area (Å²) < 4.78 is 16.7. The smallest absolute Gasteiger partial charge is 0.241 e. The van der Waals surface area contributed by atoms with E-state index in [1.54, 1.807) is 49.6 Å². The number of aromatic nitrogens is 2. The largest absolute Gasteiger partial charge is 0.497 e. The maximum atomic E-state index is 13.3. The van der Waals surface area contributed by atoms with Gasteiger partial charge in [-0.05, 0) is 86.1 Å². The third kappa shape index (κ3) is 6.45. The molecule has 1 saturated heterocycles. The van der Waals surface area contributed by atoms with Crippen molar-refractivity contribution in [2.45, 2.75) is 19.4 Å². The summed E-state index contributed by atoms with van der Waals surface area (Å²) in [6, 6.07) is 19.6. The van der Waals surface area contributed by atoms with Gasteiger partial charge in [-0.15, -0.1) is 0 Å². The van der Waals surface area contributed by atoms with Crippen molar-refractivity contribution < 1.29 is 18.8 Å². The summed E-state index contributed by atoms with van der Waals surface area (Å²) in [7, 11) is 1.61. The normalized spacial score (nSPS) is 15.7. The Morgan fingerprint density at radius 1 is 1.05 bits per heavy atom. The number of benzene rings is 3. The lowest BCUT2D eigenvalue weighted by atomic mass is 9.97. The molecule has 1 unspecified atom stereocenters. The molecule has 0 saturated carbocycles. The van der Waals surface area contributed by atoms with Crippen LogP contribution < -0.4 is 14.8 Å². The quantitative estimate of drug-likeness (QED) is 0.260. The molecule has 1 aliphatic rings. The van der Waals surface area contributed by atoms with Gasteiger partial charge < -0.3 is 19.3 Å². The fourth-order valence-electron chi connectivity index (χ4n) is 4.33. The minimum absolute atomic E-state index is 0.0936. The van der Waals surface area contributed by atoms with Gasteiger partial charge in [0.05, 0.1) is 25.3 Å². The summed E-state index contributed by atoms with van der Waals surface area (Å²) in [6.45, 7) is 1.87. The molecule has 0 bridgehead atoms. The van der Waals surface area contributed by atoms with Gasteiger partial charge in [-0.3, -0.25) is 9.69 Å². The molecule has 8 nitrogen and oxygen atoms in total. The van der Waals surface area contributed by atoms with Crippen LogP contribution in [0.4, 0.5) is 5.69 Å². The number of halogens is 2. The van der Waals surface area contributed by atoms with E-state index < -0.39 is 0 Å². The zero-order chi connectivity index (χ0) is 26.5. The molecule has 1 aromatic heterocycles. The minimum atomic E-state index is -0.213. The maximum Gasteiger partial charge on any atom is 0.241 e. The Morgan fingerprint density at radius 3 is 2.55 bits per heavy atom. The van der Waals surface area contributed by atoms with Crippen LogP contribution in [0.2, 0.25) is 10.0 Å². The molecule has 38 heavy (non-hydrogen) atoms. The fourth-order valence-corrected chi connectivity index (χ4v) is 4.63. The average Bonchev–Trinajstić information content (AvgIpc) is 3.39. The van der Waals surface area contributed by atoms with Crippen LogP contribution in [0.5, 0.6) is 17.2 Å². The highest BCUT2D eigenvalue weighted by Crippen LogP contribution is 2.33. The van der Waals surface area contributed by atoms with Gasteiger partial charge in [0.25, 0.3) is 0 Å². The van der Waals surface area contributed by atoms with Gasteiger partial charge in [0.1, 0.15) is 11.5 Å². The third-order valence-corrected chi connectivity index (χ3v) is 6.78. The van der Waals surface area contributed by atoms with E-state index in [1.165, 1.54) is 0 Å². The average molecular weight is 553 g/mol. The van der Waals surface area contributed by atoms with Gasteiger partial charge in [-0.1, -0.05) is 28.4 Å². The van der Waals surface area contributed by atoms with Gasteiger partial charge in [0.15, 0.2) is 5.75 Å². The molecule has 2 heterocycles. The van der Waals surface area contributed by atoms with Crippen molar-refractivity contribution >= 4 is 34.8 Å². The highest BCUT2D eigenvalue weighted by Gasteiger charge is 2.27. The zero-order valence-electron chi connectivity index (χ0n) is 20.7. The monoisotopic (exact) mass is 552 g/mol. The number of nitrogens with one attached hydrogen (secondary N) is 1. The Hall–Kier alpha value is -3.59. The Labute approximate surface area is 230 Å². The Bertz CT molecular complexity index is 1390. The first kappa shape index (κ1) is 26.0. The van der Waals surface area contributed by atoms with Crippen LogP contribution >= 0.6 is 23.2 Å². The molecule has 0 radical (unpaired) electrons. The number of ether oxygens (including phenoxy) is 2. The van der Waals surface area contributed by atoms with Crippen LogP contribution in [0.3, 0.4) is 0 Å². The highest BCUT2D eigenvalue weighted by atomic mass is 35.5. The first-order chi connectivity index (χ1) is 18.5. The molecule has 1 atom stereocenters. The van der Waals surface area contributed by atoms with E-state index in [1.807, 2.05) is 24.3 Å². The summed E-state index contributed by atoms with van der Waals surface area (Å²) >= 11 is 12.2. The SMILES string of the molecule is COc1ccc(Oc2ccc(Cl)cc2NC(=O)C2CCCN(Cc3nc(-c4ccc(Cl)cc4)no3)C2)cc1. The topological polar surface area (TPSA) is 89.7 Å². The predicted octanol–water partition coefficient (Wildman–Crippen LogP) is 6.70. The van der Waals surface area contributed by atoms with Gasteiger partial charge in [0.2, 0.25) is 17.6 Å². The van der Waals surface area contributed by atoms with Crippen LogP contribution in [0, 0.1) is 5.92 Å². The van der Waals surface area contributed by atoms with E-state index in [4.69, 9.17) is 37.2 Å². The molecule has 1 aliphatic heterocycles. The summed E-state index contributed by atoms with van der Waals surface area (Å²) in [4.78, 5) is 19.9. The van der Waals surface area contributed by atoms with Crippen molar-refractivity contribution in [3.8, 4) is 28.6 Å². The number of carbonyl (C=O) groups excluding carboxylic acids is 1. The lowest BCUT2D eigenvalue weighted by molar-refractivity contribution is -0.121. The molecule has 3 aromatic carbocycles. The Morgan fingerprint density at radius 2 is 1.79 bits per heavy atom. The van der Waals surface area contributed by atoms with Crippen LogP contribution in [0.15, 0.2) is 71.3 Å². The van der Waals surface area contributed by atoms with Gasteiger partial charge >= 0.3 is 0 Å². The van der Waals surface area contributed by atoms with Crippen molar-refractivity contribution in [2.24, 2.45) is 5.92 Å². The van der Waals surface area contributed by atoms with E-state index >= 15 is 0 Å². The minimum Gasteiger partial charge on any atom is -0.497 e. The molecule has 4 aromatic rings. The van der Waals surface area contributed by atoms with Gasteiger partial charge in [-0.2, -0.15) is 4.98 Å². The summed E-state index contributed by atoms with van der Waals surface area (Å²) in [6.07, 6.45) is 1.65. The van der Waals surface area contributed by atoms with Crippen LogP contribution in [-0.4, -0.2) is 41.1 Å². The number of rotatable bonds is 8. The first-order valence-corrected chi connectivity index (χ1v) is 13.0. The van der Waals surface area contributed by atoms with E-state index in [-0.39, 0.29) is 11.8 Å². The number of hydrogen-bond acceptors (Lipinski definition) is 7. The van der Waals surface area contributed by atoms with Crippen LogP contribution in [0.1, 0.15) is 18.7 Å². The van der Waals surface area contributed by atoms with Gasteiger partial charge in [0, 0.05) is 22.2 Å².